The molecule has 1 atom stereocenters. The van der Waals surface area contributed by atoms with Crippen molar-refractivity contribution in [2.24, 2.45) is 0 Å². The summed E-state index contributed by atoms with van der Waals surface area (Å²) in [5.41, 5.74) is 0.917. The SMILES string of the molecule is O[C@H](CCSc1ccc(Br)cc1)c1ccc(Cl)cc1. The van der Waals surface area contributed by atoms with E-state index < -0.39 is 6.10 Å². The van der Waals surface area contributed by atoms with Crippen molar-refractivity contribution in [1.82, 2.24) is 0 Å². The van der Waals surface area contributed by atoms with Gasteiger partial charge in [-0.05, 0) is 48.4 Å². The van der Waals surface area contributed by atoms with Gasteiger partial charge in [0.05, 0.1) is 6.10 Å². The van der Waals surface area contributed by atoms with E-state index in [4.69, 9.17) is 11.6 Å². The maximum absolute atomic E-state index is 10.1. The highest BCUT2D eigenvalue weighted by Gasteiger charge is 2.07. The maximum atomic E-state index is 10.1. The molecular formula is C15H14BrClOS. The fourth-order valence-electron chi connectivity index (χ4n) is 1.67. The van der Waals surface area contributed by atoms with Crippen LogP contribution in [0.3, 0.4) is 0 Å². The Kier molecular flexibility index (Phi) is 5.76. The summed E-state index contributed by atoms with van der Waals surface area (Å²) in [5.74, 6) is 0.880. The molecule has 1 nitrogen and oxygen atoms in total. The van der Waals surface area contributed by atoms with E-state index in [1.54, 1.807) is 11.8 Å². The van der Waals surface area contributed by atoms with Crippen LogP contribution in [0.1, 0.15) is 18.1 Å². The third-order valence-corrected chi connectivity index (χ3v) is 4.55. The largest absolute Gasteiger partial charge is 0.388 e. The number of benzene rings is 2. The number of aliphatic hydroxyl groups is 1. The molecule has 0 amide bonds. The van der Waals surface area contributed by atoms with Gasteiger partial charge in [-0.2, -0.15) is 0 Å². The second-order valence-electron chi connectivity index (χ2n) is 4.16. The van der Waals surface area contributed by atoms with E-state index in [9.17, 15) is 5.11 Å². The Labute approximate surface area is 131 Å². The second kappa shape index (κ2) is 7.34. The smallest absolute Gasteiger partial charge is 0.0798 e. The zero-order chi connectivity index (χ0) is 13.7. The van der Waals surface area contributed by atoms with Gasteiger partial charge in [-0.25, -0.2) is 0 Å². The summed E-state index contributed by atoms with van der Waals surface area (Å²) in [6, 6.07) is 15.6. The standard InChI is InChI=1S/C15H14BrClOS/c16-12-3-7-14(8-4-12)19-10-9-15(18)11-1-5-13(17)6-2-11/h1-8,15,18H,9-10H2/t15-/m1/s1. The lowest BCUT2D eigenvalue weighted by Crippen LogP contribution is -1.98. The van der Waals surface area contributed by atoms with Gasteiger partial charge in [-0.1, -0.05) is 39.7 Å². The van der Waals surface area contributed by atoms with E-state index in [-0.39, 0.29) is 0 Å². The predicted octanol–water partition coefficient (Wildman–Crippen LogP) is 5.32. The van der Waals surface area contributed by atoms with Gasteiger partial charge in [0, 0.05) is 20.1 Å². The van der Waals surface area contributed by atoms with E-state index in [0.717, 1.165) is 22.2 Å². The molecule has 0 heterocycles. The first kappa shape index (κ1) is 14.9. The first-order valence-corrected chi connectivity index (χ1v) is 8.13. The topological polar surface area (TPSA) is 20.2 Å². The van der Waals surface area contributed by atoms with Crippen molar-refractivity contribution in [2.45, 2.75) is 17.4 Å². The molecule has 0 saturated carbocycles. The molecule has 0 aromatic heterocycles. The van der Waals surface area contributed by atoms with Crippen molar-refractivity contribution in [2.75, 3.05) is 5.75 Å². The Morgan fingerprint density at radius 3 is 2.32 bits per heavy atom. The number of halogens is 2. The quantitative estimate of drug-likeness (QED) is 0.731. The van der Waals surface area contributed by atoms with Crippen molar-refractivity contribution in [3.63, 3.8) is 0 Å². The average molecular weight is 358 g/mol. The lowest BCUT2D eigenvalue weighted by atomic mass is 10.1. The van der Waals surface area contributed by atoms with Crippen LogP contribution in [0, 0.1) is 0 Å². The zero-order valence-electron chi connectivity index (χ0n) is 10.2. The van der Waals surface area contributed by atoms with Crippen LogP contribution in [-0.2, 0) is 0 Å². The Hall–Kier alpha value is -0.480. The van der Waals surface area contributed by atoms with Gasteiger partial charge in [0.15, 0.2) is 0 Å². The van der Waals surface area contributed by atoms with Crippen LogP contribution in [0.15, 0.2) is 57.9 Å². The fourth-order valence-corrected chi connectivity index (χ4v) is 2.97. The molecule has 100 valence electrons. The van der Waals surface area contributed by atoms with Crippen molar-refractivity contribution >= 4 is 39.3 Å². The molecule has 0 aliphatic heterocycles. The number of hydrogen-bond acceptors (Lipinski definition) is 2. The van der Waals surface area contributed by atoms with Crippen LogP contribution in [0.2, 0.25) is 5.02 Å². The van der Waals surface area contributed by atoms with Crippen LogP contribution in [0.5, 0.6) is 0 Å². The molecule has 2 aromatic rings. The monoisotopic (exact) mass is 356 g/mol. The van der Waals surface area contributed by atoms with Gasteiger partial charge < -0.3 is 5.11 Å². The highest BCUT2D eigenvalue weighted by Crippen LogP contribution is 2.25. The summed E-state index contributed by atoms with van der Waals surface area (Å²) in [6.45, 7) is 0. The highest BCUT2D eigenvalue weighted by molar-refractivity contribution is 9.10. The number of rotatable bonds is 5. The average Bonchev–Trinajstić information content (AvgIpc) is 2.41. The summed E-state index contributed by atoms with van der Waals surface area (Å²) >= 11 is 11.0. The molecule has 2 rings (SSSR count). The van der Waals surface area contributed by atoms with Crippen LogP contribution >= 0.6 is 39.3 Å². The number of thioether (sulfide) groups is 1. The summed E-state index contributed by atoms with van der Waals surface area (Å²) < 4.78 is 1.08. The molecule has 0 aliphatic carbocycles. The van der Waals surface area contributed by atoms with Crippen LogP contribution in [-0.4, -0.2) is 10.9 Å². The van der Waals surface area contributed by atoms with E-state index in [1.807, 2.05) is 36.4 Å². The minimum absolute atomic E-state index is 0.430. The highest BCUT2D eigenvalue weighted by atomic mass is 79.9. The van der Waals surface area contributed by atoms with Crippen molar-refractivity contribution in [1.29, 1.82) is 0 Å². The Balaban J connectivity index is 1.82. The molecule has 0 spiro atoms. The molecule has 1 N–H and O–H groups in total. The van der Waals surface area contributed by atoms with E-state index in [0.29, 0.717) is 5.02 Å². The Morgan fingerprint density at radius 2 is 1.68 bits per heavy atom. The zero-order valence-corrected chi connectivity index (χ0v) is 13.4. The minimum Gasteiger partial charge on any atom is -0.388 e. The molecule has 4 heteroatoms. The molecule has 0 unspecified atom stereocenters. The molecule has 0 bridgehead atoms. The first-order valence-electron chi connectivity index (χ1n) is 5.97. The predicted molar refractivity (Wildman–Crippen MR) is 85.9 cm³/mol. The summed E-state index contributed by atoms with van der Waals surface area (Å²) in [6.07, 6.45) is 0.294. The van der Waals surface area contributed by atoms with Crippen LogP contribution in [0.4, 0.5) is 0 Å². The molecule has 0 fully saturated rings. The summed E-state index contributed by atoms with van der Waals surface area (Å²) in [4.78, 5) is 1.21. The first-order chi connectivity index (χ1) is 9.15. The van der Waals surface area contributed by atoms with Crippen LogP contribution < -0.4 is 0 Å². The fraction of sp³-hybridized carbons (Fsp3) is 0.200. The second-order valence-corrected chi connectivity index (χ2v) is 6.68. The van der Waals surface area contributed by atoms with E-state index in [2.05, 4.69) is 28.1 Å². The lowest BCUT2D eigenvalue weighted by Gasteiger charge is -2.10. The number of aliphatic hydroxyl groups excluding tert-OH is 1. The van der Waals surface area contributed by atoms with E-state index >= 15 is 0 Å². The van der Waals surface area contributed by atoms with Crippen molar-refractivity contribution in [3.05, 3.63) is 63.6 Å². The molecule has 2 aromatic carbocycles. The summed E-state index contributed by atoms with van der Waals surface area (Å²) in [5, 5.41) is 10.8. The summed E-state index contributed by atoms with van der Waals surface area (Å²) in [7, 11) is 0. The van der Waals surface area contributed by atoms with Gasteiger partial charge in [0.2, 0.25) is 0 Å². The van der Waals surface area contributed by atoms with Gasteiger partial charge in [-0.3, -0.25) is 0 Å². The Bertz CT molecular complexity index is 513. The number of hydrogen-bond donors (Lipinski definition) is 1. The molecule has 19 heavy (non-hydrogen) atoms. The van der Waals surface area contributed by atoms with Crippen molar-refractivity contribution in [3.8, 4) is 0 Å². The molecule has 0 aliphatic rings. The third-order valence-electron chi connectivity index (χ3n) is 2.73. The third kappa shape index (κ3) is 4.84. The normalized spacial score (nSPS) is 12.4. The molecule has 0 radical (unpaired) electrons. The van der Waals surface area contributed by atoms with Gasteiger partial charge in [0.25, 0.3) is 0 Å². The van der Waals surface area contributed by atoms with E-state index in [1.165, 1.54) is 4.90 Å². The van der Waals surface area contributed by atoms with Crippen molar-refractivity contribution < 1.29 is 5.11 Å². The Morgan fingerprint density at radius 1 is 1.05 bits per heavy atom. The minimum atomic E-state index is -0.430. The maximum Gasteiger partial charge on any atom is 0.0798 e. The van der Waals surface area contributed by atoms with Gasteiger partial charge in [-0.15, -0.1) is 11.8 Å². The van der Waals surface area contributed by atoms with Gasteiger partial charge >= 0.3 is 0 Å². The molecular weight excluding hydrogens is 344 g/mol. The molecule has 0 saturated heterocycles. The van der Waals surface area contributed by atoms with Gasteiger partial charge in [0.1, 0.15) is 0 Å². The lowest BCUT2D eigenvalue weighted by molar-refractivity contribution is 0.175. The van der Waals surface area contributed by atoms with Crippen LogP contribution in [0.25, 0.3) is 0 Å².